The van der Waals surface area contributed by atoms with E-state index in [0.717, 1.165) is 0 Å². The maximum absolute atomic E-state index is 14.3. The van der Waals surface area contributed by atoms with Crippen LogP contribution in [-0.4, -0.2) is 196 Å². The lowest BCUT2D eigenvalue weighted by Crippen LogP contribution is -2.61. The Labute approximate surface area is 513 Å². The number of carbonyl (C=O) groups excluding carboxylic acids is 10. The summed E-state index contributed by atoms with van der Waals surface area (Å²) in [4.78, 5) is 171. The Kier molecular flexibility index (Phi) is 35.4. The van der Waals surface area contributed by atoms with Gasteiger partial charge in [0.2, 0.25) is 59.1 Å². The van der Waals surface area contributed by atoms with Crippen LogP contribution in [0.4, 0.5) is 0 Å². The number of carboxylic acids is 2. The molecule has 0 fully saturated rings. The second-order valence-electron chi connectivity index (χ2n) is 21.5. The van der Waals surface area contributed by atoms with Gasteiger partial charge in [0.15, 0.2) is 17.9 Å². The van der Waals surface area contributed by atoms with E-state index in [2.05, 4.69) is 62.8 Å². The van der Waals surface area contributed by atoms with Gasteiger partial charge < -0.3 is 114 Å². The molecule has 0 heterocycles. The number of rotatable bonds is 43. The number of amides is 10. The molecule has 0 bridgehead atoms. The molecule has 0 spiro atoms. The van der Waals surface area contributed by atoms with Crippen LogP contribution in [0.1, 0.15) is 104 Å². The Morgan fingerprint density at radius 2 is 0.854 bits per heavy atom. The highest BCUT2D eigenvalue weighted by Crippen LogP contribution is 2.14. The van der Waals surface area contributed by atoms with E-state index in [0.29, 0.717) is 5.56 Å². The lowest BCUT2D eigenvalue weighted by atomic mass is 10.0. The van der Waals surface area contributed by atoms with Crippen molar-refractivity contribution < 1.29 is 78.0 Å². The quantitative estimate of drug-likeness (QED) is 0.0164. The fourth-order valence-electron chi connectivity index (χ4n) is 8.26. The predicted molar refractivity (Wildman–Crippen MR) is 322 cm³/mol. The van der Waals surface area contributed by atoms with Gasteiger partial charge in [0.05, 0.1) is 25.6 Å². The lowest BCUT2D eigenvalue weighted by molar-refractivity contribution is -0.141. The van der Waals surface area contributed by atoms with Crippen LogP contribution >= 0.6 is 0 Å². The van der Waals surface area contributed by atoms with E-state index in [-0.39, 0.29) is 113 Å². The number of benzene rings is 1. The number of aliphatic imine (C=N–C) groups is 3. The number of aliphatic carboxylic acids is 2. The van der Waals surface area contributed by atoms with Gasteiger partial charge in [0.1, 0.15) is 54.1 Å². The van der Waals surface area contributed by atoms with Gasteiger partial charge in [-0.25, -0.2) is 4.79 Å². The maximum atomic E-state index is 14.3. The summed E-state index contributed by atoms with van der Waals surface area (Å²) in [5.74, 6) is -14.5. The van der Waals surface area contributed by atoms with E-state index < -0.39 is 158 Å². The van der Waals surface area contributed by atoms with E-state index in [1.165, 1.54) is 24.3 Å². The summed E-state index contributed by atoms with van der Waals surface area (Å²) in [6, 6.07) is -8.32. The molecule has 29 N–H and O–H groups in total. The molecule has 0 aliphatic carbocycles. The molecular weight excluding hydrogens is 1170 g/mol. The first-order valence-electron chi connectivity index (χ1n) is 28.5. The van der Waals surface area contributed by atoms with Crippen LogP contribution in [0.15, 0.2) is 39.2 Å². The van der Waals surface area contributed by atoms with Crippen LogP contribution in [0, 0.1) is 11.8 Å². The summed E-state index contributed by atoms with van der Waals surface area (Å²) in [7, 11) is 0. The van der Waals surface area contributed by atoms with Crippen molar-refractivity contribution >= 4 is 88.9 Å². The minimum Gasteiger partial charge on any atom is -0.508 e. The van der Waals surface area contributed by atoms with Gasteiger partial charge in [-0.15, -0.1) is 0 Å². The SMILES string of the molecule is CC(C)C[C@H](NC(=O)[C@H](CC(N)=O)NC(=O)[C@H](CCCN=C(N)N)NC(=O)[C@H](CC(C)C)NC(=O)[C@H](CO)NC(=O)[C@H](CCC(=O)O)NC(=O)[C@@H](N)CCCN=C(N)N)C(=O)N[C@@H](CCCN=C(N)N)C(=O)NCC(=O)N[C@@H](Cc1ccc(O)cc1)C(=O)O. The first-order chi connectivity index (χ1) is 41.7. The van der Waals surface area contributed by atoms with E-state index in [1.54, 1.807) is 27.7 Å². The Balaban J connectivity index is 3.50. The molecule has 36 nitrogen and oxygen atoms in total. The number of nitrogens with zero attached hydrogens (tertiary/aromatic N) is 3. The molecule has 89 heavy (non-hydrogen) atoms. The molecule has 0 unspecified atom stereocenters. The zero-order valence-corrected chi connectivity index (χ0v) is 50.3. The van der Waals surface area contributed by atoms with Gasteiger partial charge in [-0.1, -0.05) is 39.8 Å². The molecule has 0 aliphatic rings. The predicted octanol–water partition coefficient (Wildman–Crippen LogP) is -7.67. The molecular formula is C53H90N20O16. The lowest BCUT2D eigenvalue weighted by Gasteiger charge is -2.28. The monoisotopic (exact) mass is 1260 g/mol. The van der Waals surface area contributed by atoms with Gasteiger partial charge in [0.25, 0.3) is 0 Å². The highest BCUT2D eigenvalue weighted by atomic mass is 16.4. The van der Waals surface area contributed by atoms with Gasteiger partial charge in [0, 0.05) is 32.5 Å². The topological polar surface area (TPSA) is 639 Å². The van der Waals surface area contributed by atoms with Gasteiger partial charge in [-0.05, 0) is 87.3 Å². The number of carbonyl (C=O) groups is 12. The number of primary amides is 1. The van der Waals surface area contributed by atoms with Crippen LogP contribution in [0.25, 0.3) is 0 Å². The highest BCUT2D eigenvalue weighted by molar-refractivity contribution is 5.99. The minimum atomic E-state index is -1.84. The molecule has 0 saturated carbocycles. The van der Waals surface area contributed by atoms with Gasteiger partial charge in [-0.2, -0.15) is 0 Å². The normalized spacial score (nSPS) is 13.9. The van der Waals surface area contributed by atoms with Crippen LogP contribution in [-0.2, 0) is 64.0 Å². The largest absolute Gasteiger partial charge is 0.508 e. The summed E-state index contributed by atoms with van der Waals surface area (Å²) in [6.07, 6.45) is -2.39. The smallest absolute Gasteiger partial charge is 0.326 e. The Morgan fingerprint density at radius 1 is 0.472 bits per heavy atom. The number of nitrogens with one attached hydrogen (secondary N) is 9. The summed E-state index contributed by atoms with van der Waals surface area (Å²) in [5, 5.41) is 60.6. The fraction of sp³-hybridized carbons (Fsp3) is 0.604. The first kappa shape index (κ1) is 77.4. The summed E-state index contributed by atoms with van der Waals surface area (Å²) >= 11 is 0. The zero-order valence-electron chi connectivity index (χ0n) is 50.3. The number of guanidine groups is 3. The molecule has 36 heteroatoms. The number of aliphatic hydroxyl groups is 1. The molecule has 0 aliphatic heterocycles. The second-order valence-corrected chi connectivity index (χ2v) is 21.5. The Bertz CT molecular complexity index is 2650. The van der Waals surface area contributed by atoms with Gasteiger partial charge in [-0.3, -0.25) is 67.7 Å². The standard InChI is InChI=1S/C53H90N20O16/c1-26(2)20-34(46(84)68-31(9-6-18-63-52(58)59)43(81)65-24-40(77)66-37(50(88)89)22-28-11-13-29(75)14-12-28)70-48(86)36(23-39(55)76)72-44(82)32(10-7-19-64-53(60)61)69-47(85)35(21-27(3)4)71-49(87)38(25-74)73-45(83)33(15-16-41(78)79)67-42(80)30(54)8-5-17-62-51(56)57/h11-14,26-27,30-38,74-75H,5-10,15-25,54H2,1-4H3,(H2,55,76)(H,65,81)(H,66,77)(H,67,80)(H,68,84)(H,69,85)(H,70,86)(H,71,87)(H,72,82)(H,73,83)(H,78,79)(H,88,89)(H4,56,57,62)(H4,58,59,63)(H4,60,61,64)/t30-,31-,32-,33-,34-,35-,36-,37-,38-/m0/s1. The molecule has 0 saturated heterocycles. The number of aliphatic hydroxyl groups excluding tert-OH is 1. The van der Waals surface area contributed by atoms with Gasteiger partial charge >= 0.3 is 11.9 Å². The van der Waals surface area contributed by atoms with Crippen LogP contribution in [0.2, 0.25) is 0 Å². The van der Waals surface area contributed by atoms with Crippen molar-refractivity contribution in [2.24, 2.45) is 72.7 Å². The molecule has 1 aromatic carbocycles. The van der Waals surface area contributed by atoms with Crippen molar-refractivity contribution in [2.75, 3.05) is 32.8 Å². The third-order valence-electron chi connectivity index (χ3n) is 12.7. The molecule has 1 rings (SSSR count). The molecule has 498 valence electrons. The van der Waals surface area contributed by atoms with Crippen molar-refractivity contribution in [3.8, 4) is 5.75 Å². The minimum absolute atomic E-state index is 0.00287. The first-order valence-corrected chi connectivity index (χ1v) is 28.5. The van der Waals surface area contributed by atoms with E-state index in [4.69, 9.17) is 45.9 Å². The van der Waals surface area contributed by atoms with Crippen LogP contribution in [0.3, 0.4) is 0 Å². The third-order valence-corrected chi connectivity index (χ3v) is 12.7. The summed E-state index contributed by atoms with van der Waals surface area (Å²) in [5.41, 5.74) is 44.5. The summed E-state index contributed by atoms with van der Waals surface area (Å²) < 4.78 is 0. The number of aromatic hydroxyl groups is 1. The van der Waals surface area contributed by atoms with E-state index in [1.807, 2.05) is 0 Å². The Morgan fingerprint density at radius 3 is 1.28 bits per heavy atom. The van der Waals surface area contributed by atoms with E-state index >= 15 is 0 Å². The zero-order chi connectivity index (χ0) is 67.5. The van der Waals surface area contributed by atoms with Crippen LogP contribution in [0.5, 0.6) is 5.75 Å². The highest BCUT2D eigenvalue weighted by Gasteiger charge is 2.36. The van der Waals surface area contributed by atoms with Crippen molar-refractivity contribution in [3.63, 3.8) is 0 Å². The van der Waals surface area contributed by atoms with E-state index in [9.17, 15) is 78.0 Å². The Hall–Kier alpha value is -9.61. The fourth-order valence-corrected chi connectivity index (χ4v) is 8.26. The molecule has 0 radical (unpaired) electrons. The second kappa shape index (κ2) is 40.7. The summed E-state index contributed by atoms with van der Waals surface area (Å²) in [6.45, 7) is 4.92. The third kappa shape index (κ3) is 33.2. The number of nitrogens with two attached hydrogens (primary N) is 8. The number of hydrogen-bond donors (Lipinski definition) is 21. The number of hydrogen-bond acceptors (Lipinski definition) is 18. The van der Waals surface area contributed by atoms with Crippen molar-refractivity contribution in [2.45, 2.75) is 159 Å². The average Bonchev–Trinajstić information content (AvgIpc) is 3.26. The van der Waals surface area contributed by atoms with Crippen molar-refractivity contribution in [3.05, 3.63) is 29.8 Å². The number of phenols is 1. The number of carboxylic acid groups (broad SMARTS) is 2. The molecule has 10 amide bonds. The average molecular weight is 1260 g/mol. The van der Waals surface area contributed by atoms with Crippen LogP contribution < -0.4 is 93.7 Å². The number of phenolic OH excluding ortho intramolecular Hbond substituents is 1. The van der Waals surface area contributed by atoms with Crippen molar-refractivity contribution in [1.82, 2.24) is 47.9 Å². The molecule has 0 aromatic heterocycles. The maximum Gasteiger partial charge on any atom is 0.326 e. The molecule has 9 atom stereocenters. The molecule has 1 aromatic rings. The van der Waals surface area contributed by atoms with Crippen molar-refractivity contribution in [1.29, 1.82) is 0 Å².